The molecule has 34 heavy (non-hydrogen) atoms. The lowest BCUT2D eigenvalue weighted by Crippen LogP contribution is -2.17. The van der Waals surface area contributed by atoms with Gasteiger partial charge in [-0.3, -0.25) is 4.79 Å². The standard InChI is InChI=1S/C27H23N3O3S/c1-2-33-27(32)22-10-6-7-11-24(22)28-25(31)18-34-26-17-16-23(29-30-26)21-14-12-20(13-15-21)19-8-4-3-5-9-19/h3-17H,2,18H2,1H3,(H,28,31). The molecule has 0 unspecified atom stereocenters. The van der Waals surface area contributed by atoms with Crippen molar-refractivity contribution in [1.29, 1.82) is 0 Å². The van der Waals surface area contributed by atoms with Crippen LogP contribution in [0, 0.1) is 0 Å². The number of ether oxygens (including phenoxy) is 1. The minimum atomic E-state index is -0.468. The van der Waals surface area contributed by atoms with Gasteiger partial charge in [-0.15, -0.1) is 10.2 Å². The summed E-state index contributed by atoms with van der Waals surface area (Å²) in [6.07, 6.45) is 0. The van der Waals surface area contributed by atoms with Gasteiger partial charge in [0.05, 0.1) is 29.3 Å². The largest absolute Gasteiger partial charge is 0.462 e. The van der Waals surface area contributed by atoms with Gasteiger partial charge in [-0.25, -0.2) is 4.79 Å². The minimum absolute atomic E-state index is 0.136. The van der Waals surface area contributed by atoms with Crippen LogP contribution in [0.4, 0.5) is 5.69 Å². The zero-order chi connectivity index (χ0) is 23.8. The second-order valence-electron chi connectivity index (χ2n) is 7.30. The summed E-state index contributed by atoms with van der Waals surface area (Å²) in [5.74, 6) is -0.579. The van der Waals surface area contributed by atoms with E-state index < -0.39 is 5.97 Å². The average molecular weight is 470 g/mol. The highest BCUT2D eigenvalue weighted by atomic mass is 32.2. The first-order valence-electron chi connectivity index (χ1n) is 10.8. The molecule has 0 radical (unpaired) electrons. The lowest BCUT2D eigenvalue weighted by atomic mass is 10.0. The molecule has 0 aliphatic heterocycles. The van der Waals surface area contributed by atoms with Crippen LogP contribution in [0.2, 0.25) is 0 Å². The number of benzene rings is 3. The number of hydrogen-bond donors (Lipinski definition) is 1. The number of aromatic nitrogens is 2. The van der Waals surface area contributed by atoms with Crippen molar-refractivity contribution in [3.8, 4) is 22.4 Å². The second-order valence-corrected chi connectivity index (χ2v) is 8.30. The van der Waals surface area contributed by atoms with Crippen molar-refractivity contribution < 1.29 is 14.3 Å². The van der Waals surface area contributed by atoms with E-state index in [0.717, 1.165) is 22.4 Å². The van der Waals surface area contributed by atoms with Gasteiger partial charge in [0, 0.05) is 5.56 Å². The maximum atomic E-state index is 12.4. The van der Waals surface area contributed by atoms with Gasteiger partial charge in [-0.1, -0.05) is 78.5 Å². The molecule has 1 N–H and O–H groups in total. The first kappa shape index (κ1) is 23.2. The van der Waals surface area contributed by atoms with Crippen LogP contribution in [0.5, 0.6) is 0 Å². The maximum absolute atomic E-state index is 12.4. The van der Waals surface area contributed by atoms with Crippen molar-refractivity contribution in [2.75, 3.05) is 17.7 Å². The molecule has 1 amide bonds. The second kappa shape index (κ2) is 11.2. The zero-order valence-electron chi connectivity index (χ0n) is 18.6. The number of carbonyl (C=O) groups is 2. The van der Waals surface area contributed by atoms with Gasteiger partial charge in [0.25, 0.3) is 0 Å². The Bertz CT molecular complexity index is 1260. The van der Waals surface area contributed by atoms with Crippen LogP contribution in [-0.2, 0) is 9.53 Å². The SMILES string of the molecule is CCOC(=O)c1ccccc1NC(=O)CSc1ccc(-c2ccc(-c3ccccc3)cc2)nn1. The molecule has 0 aliphatic rings. The number of hydrogen-bond acceptors (Lipinski definition) is 6. The van der Waals surface area contributed by atoms with Crippen LogP contribution in [-0.4, -0.2) is 34.4 Å². The van der Waals surface area contributed by atoms with E-state index in [1.807, 2.05) is 42.5 Å². The van der Waals surface area contributed by atoms with Crippen molar-refractivity contribution in [3.05, 3.63) is 96.6 Å². The predicted octanol–water partition coefficient (Wildman–Crippen LogP) is 5.72. The summed E-state index contributed by atoms with van der Waals surface area (Å²) in [5, 5.41) is 12.0. The lowest BCUT2D eigenvalue weighted by molar-refractivity contribution is -0.113. The highest BCUT2D eigenvalue weighted by Gasteiger charge is 2.14. The fraction of sp³-hybridized carbons (Fsp3) is 0.111. The molecule has 3 aromatic carbocycles. The summed E-state index contributed by atoms with van der Waals surface area (Å²) in [4.78, 5) is 24.5. The van der Waals surface area contributed by atoms with Crippen LogP contribution in [0.3, 0.4) is 0 Å². The average Bonchev–Trinajstić information content (AvgIpc) is 2.89. The zero-order valence-corrected chi connectivity index (χ0v) is 19.4. The van der Waals surface area contributed by atoms with E-state index in [1.54, 1.807) is 31.2 Å². The predicted molar refractivity (Wildman–Crippen MR) is 135 cm³/mol. The number of amides is 1. The molecule has 170 valence electrons. The Labute approximate surface area is 202 Å². The van der Waals surface area contributed by atoms with E-state index in [-0.39, 0.29) is 18.3 Å². The fourth-order valence-corrected chi connectivity index (χ4v) is 3.93. The van der Waals surface area contributed by atoms with Gasteiger partial charge in [-0.2, -0.15) is 0 Å². The van der Waals surface area contributed by atoms with Crippen molar-refractivity contribution in [2.45, 2.75) is 11.9 Å². The Balaban J connectivity index is 1.35. The molecule has 4 aromatic rings. The molecule has 7 heteroatoms. The molecule has 6 nitrogen and oxygen atoms in total. The number of para-hydroxylation sites is 1. The summed E-state index contributed by atoms with van der Waals surface area (Å²) >= 11 is 1.27. The Morgan fingerprint density at radius 2 is 1.47 bits per heavy atom. The van der Waals surface area contributed by atoms with Crippen molar-refractivity contribution in [1.82, 2.24) is 10.2 Å². The van der Waals surface area contributed by atoms with Crippen molar-refractivity contribution >= 4 is 29.3 Å². The topological polar surface area (TPSA) is 81.2 Å². The molecule has 0 saturated carbocycles. The monoisotopic (exact) mass is 469 g/mol. The molecule has 0 aliphatic carbocycles. The maximum Gasteiger partial charge on any atom is 0.340 e. The van der Waals surface area contributed by atoms with Crippen molar-refractivity contribution in [3.63, 3.8) is 0 Å². The van der Waals surface area contributed by atoms with E-state index in [2.05, 4.69) is 39.8 Å². The molecule has 0 atom stereocenters. The molecule has 0 bridgehead atoms. The van der Waals surface area contributed by atoms with Gasteiger partial charge in [0.1, 0.15) is 5.03 Å². The summed E-state index contributed by atoms with van der Waals surface area (Å²) in [6.45, 7) is 2.00. The van der Waals surface area contributed by atoms with Gasteiger partial charge >= 0.3 is 5.97 Å². The summed E-state index contributed by atoms with van der Waals surface area (Å²) in [6, 6.07) is 28.9. The third-order valence-electron chi connectivity index (χ3n) is 4.98. The lowest BCUT2D eigenvalue weighted by Gasteiger charge is -2.10. The Morgan fingerprint density at radius 3 is 2.18 bits per heavy atom. The van der Waals surface area contributed by atoms with Crippen LogP contribution in [0.1, 0.15) is 17.3 Å². The summed E-state index contributed by atoms with van der Waals surface area (Å²) < 4.78 is 5.04. The molecular formula is C27H23N3O3S. The first-order valence-corrected chi connectivity index (χ1v) is 11.8. The first-order chi connectivity index (χ1) is 16.6. The Hall–Kier alpha value is -3.97. The van der Waals surface area contributed by atoms with Crippen LogP contribution in [0.25, 0.3) is 22.4 Å². The number of nitrogens with zero attached hydrogens (tertiary/aromatic N) is 2. The van der Waals surface area contributed by atoms with Gasteiger partial charge < -0.3 is 10.1 Å². The van der Waals surface area contributed by atoms with Gasteiger partial charge in [0.15, 0.2) is 0 Å². The molecule has 0 saturated heterocycles. The van der Waals surface area contributed by atoms with Gasteiger partial charge in [0.2, 0.25) is 5.91 Å². The highest BCUT2D eigenvalue weighted by molar-refractivity contribution is 7.99. The normalized spacial score (nSPS) is 10.5. The molecule has 1 aromatic heterocycles. The van der Waals surface area contributed by atoms with E-state index >= 15 is 0 Å². The third-order valence-corrected chi connectivity index (χ3v) is 5.90. The quantitative estimate of drug-likeness (QED) is 0.263. The Kier molecular flexibility index (Phi) is 7.67. The molecule has 0 fully saturated rings. The number of thioether (sulfide) groups is 1. The Morgan fingerprint density at radius 1 is 0.794 bits per heavy atom. The van der Waals surface area contributed by atoms with Crippen LogP contribution >= 0.6 is 11.8 Å². The number of nitrogens with one attached hydrogen (secondary N) is 1. The van der Waals surface area contributed by atoms with E-state index in [9.17, 15) is 9.59 Å². The van der Waals surface area contributed by atoms with E-state index in [1.165, 1.54) is 11.8 Å². The molecule has 0 spiro atoms. The molecular weight excluding hydrogens is 446 g/mol. The number of esters is 1. The smallest absolute Gasteiger partial charge is 0.340 e. The number of carbonyl (C=O) groups excluding carboxylic acids is 2. The van der Waals surface area contributed by atoms with E-state index in [0.29, 0.717) is 16.3 Å². The number of rotatable bonds is 8. The van der Waals surface area contributed by atoms with E-state index in [4.69, 9.17) is 4.74 Å². The summed E-state index contributed by atoms with van der Waals surface area (Å²) in [5.41, 5.74) is 4.78. The third kappa shape index (κ3) is 5.88. The van der Waals surface area contributed by atoms with Crippen LogP contribution < -0.4 is 5.32 Å². The van der Waals surface area contributed by atoms with Crippen molar-refractivity contribution in [2.24, 2.45) is 0 Å². The fourth-order valence-electron chi connectivity index (χ4n) is 3.32. The summed E-state index contributed by atoms with van der Waals surface area (Å²) in [7, 11) is 0. The molecule has 4 rings (SSSR count). The highest BCUT2D eigenvalue weighted by Crippen LogP contribution is 2.25. The molecule has 1 heterocycles. The van der Waals surface area contributed by atoms with Gasteiger partial charge in [-0.05, 0) is 42.3 Å². The number of anilines is 1. The van der Waals surface area contributed by atoms with Crippen LogP contribution in [0.15, 0.2) is 96.0 Å². The minimum Gasteiger partial charge on any atom is -0.462 e.